The third kappa shape index (κ3) is 1.52. The zero-order valence-electron chi connectivity index (χ0n) is 11.5. The second-order valence-corrected chi connectivity index (χ2v) is 5.20. The van der Waals surface area contributed by atoms with Crippen molar-refractivity contribution in [2.45, 2.75) is 19.8 Å². The number of aryl methyl sites for hydroxylation is 4. The third-order valence-electron chi connectivity index (χ3n) is 3.92. The zero-order valence-corrected chi connectivity index (χ0v) is 11.5. The van der Waals surface area contributed by atoms with Crippen molar-refractivity contribution in [1.82, 2.24) is 24.5 Å². The Hall–Kier alpha value is -2.43. The fourth-order valence-corrected chi connectivity index (χ4v) is 2.75. The monoisotopic (exact) mass is 265 g/mol. The molecule has 5 heteroatoms. The summed E-state index contributed by atoms with van der Waals surface area (Å²) in [5.74, 6) is 1.85. The molecule has 0 aliphatic carbocycles. The van der Waals surface area contributed by atoms with Crippen molar-refractivity contribution in [3.05, 3.63) is 47.4 Å². The van der Waals surface area contributed by atoms with Gasteiger partial charge >= 0.3 is 0 Å². The summed E-state index contributed by atoms with van der Waals surface area (Å²) >= 11 is 0. The Morgan fingerprint density at radius 3 is 2.75 bits per heavy atom. The SMILES string of the molecule is Cc1cc(-c2nnc3n2-c2ccccc2CC3)nn1C. The summed E-state index contributed by atoms with van der Waals surface area (Å²) in [5.41, 5.74) is 4.51. The lowest BCUT2D eigenvalue weighted by molar-refractivity contribution is 0.738. The van der Waals surface area contributed by atoms with E-state index in [2.05, 4.69) is 50.2 Å². The molecule has 0 unspecified atom stereocenters. The minimum atomic E-state index is 0.829. The molecule has 1 aliphatic heterocycles. The molecule has 1 aliphatic rings. The molecule has 0 radical (unpaired) electrons. The fraction of sp³-hybridized carbons (Fsp3) is 0.267. The van der Waals surface area contributed by atoms with E-state index in [0.29, 0.717) is 0 Å². The summed E-state index contributed by atoms with van der Waals surface area (Å²) in [4.78, 5) is 0. The molecule has 20 heavy (non-hydrogen) atoms. The van der Waals surface area contributed by atoms with Gasteiger partial charge < -0.3 is 0 Å². The average molecular weight is 265 g/mol. The molecule has 3 aromatic rings. The second-order valence-electron chi connectivity index (χ2n) is 5.20. The van der Waals surface area contributed by atoms with E-state index < -0.39 is 0 Å². The number of fused-ring (bicyclic) bond motifs is 3. The number of rotatable bonds is 1. The number of hydrogen-bond acceptors (Lipinski definition) is 3. The first kappa shape index (κ1) is 11.4. The molecule has 5 nitrogen and oxygen atoms in total. The van der Waals surface area contributed by atoms with Crippen LogP contribution in [0, 0.1) is 6.92 Å². The van der Waals surface area contributed by atoms with E-state index in [1.54, 1.807) is 0 Å². The predicted molar refractivity (Wildman–Crippen MR) is 75.7 cm³/mol. The summed E-state index contributed by atoms with van der Waals surface area (Å²) in [6, 6.07) is 10.5. The highest BCUT2D eigenvalue weighted by atomic mass is 15.3. The molecule has 0 fully saturated rings. The maximum atomic E-state index is 4.53. The van der Waals surface area contributed by atoms with Gasteiger partial charge in [-0.05, 0) is 31.0 Å². The highest BCUT2D eigenvalue weighted by molar-refractivity contribution is 5.57. The summed E-state index contributed by atoms with van der Waals surface area (Å²) < 4.78 is 4.01. The van der Waals surface area contributed by atoms with Gasteiger partial charge in [0.25, 0.3) is 0 Å². The molecule has 100 valence electrons. The highest BCUT2D eigenvalue weighted by Gasteiger charge is 2.23. The molecule has 0 atom stereocenters. The Morgan fingerprint density at radius 1 is 1.10 bits per heavy atom. The van der Waals surface area contributed by atoms with Gasteiger partial charge in [-0.15, -0.1) is 10.2 Å². The molecule has 0 saturated heterocycles. The lowest BCUT2D eigenvalue weighted by Gasteiger charge is -2.18. The van der Waals surface area contributed by atoms with Gasteiger partial charge in [-0.25, -0.2) is 0 Å². The van der Waals surface area contributed by atoms with Gasteiger partial charge in [0.2, 0.25) is 0 Å². The van der Waals surface area contributed by atoms with Gasteiger partial charge in [0, 0.05) is 19.2 Å². The Bertz CT molecular complexity index is 777. The standard InChI is InChI=1S/C15H15N5/c1-10-9-12(18-19(10)2)15-17-16-14-8-7-11-5-3-4-6-13(11)20(14)15/h3-6,9H,7-8H2,1-2H3. The first-order chi connectivity index (χ1) is 9.74. The van der Waals surface area contributed by atoms with Gasteiger partial charge in [0.15, 0.2) is 5.82 Å². The normalized spacial score (nSPS) is 13.1. The maximum Gasteiger partial charge on any atom is 0.189 e. The molecule has 2 aromatic heterocycles. The maximum absolute atomic E-state index is 4.53. The molecular weight excluding hydrogens is 250 g/mol. The van der Waals surface area contributed by atoms with Gasteiger partial charge in [0.05, 0.1) is 5.69 Å². The van der Waals surface area contributed by atoms with Crippen LogP contribution in [0.25, 0.3) is 17.2 Å². The van der Waals surface area contributed by atoms with Gasteiger partial charge in [-0.3, -0.25) is 9.25 Å². The van der Waals surface area contributed by atoms with Crippen LogP contribution in [-0.4, -0.2) is 24.5 Å². The molecule has 0 amide bonds. The van der Waals surface area contributed by atoms with E-state index >= 15 is 0 Å². The van der Waals surface area contributed by atoms with E-state index in [4.69, 9.17) is 0 Å². The van der Waals surface area contributed by atoms with Crippen molar-refractivity contribution in [2.75, 3.05) is 0 Å². The molecular formula is C15H15N5. The van der Waals surface area contributed by atoms with E-state index in [0.717, 1.165) is 35.9 Å². The van der Waals surface area contributed by atoms with Gasteiger partial charge in [-0.1, -0.05) is 18.2 Å². The summed E-state index contributed by atoms with van der Waals surface area (Å²) in [5, 5.41) is 13.2. The number of para-hydroxylation sites is 1. The largest absolute Gasteiger partial charge is 0.277 e. The van der Waals surface area contributed by atoms with Crippen LogP contribution in [-0.2, 0) is 19.9 Å². The third-order valence-corrected chi connectivity index (χ3v) is 3.92. The first-order valence-corrected chi connectivity index (χ1v) is 6.77. The summed E-state index contributed by atoms with van der Waals surface area (Å²) in [6.07, 6.45) is 1.95. The smallest absolute Gasteiger partial charge is 0.189 e. The van der Waals surface area contributed by atoms with Gasteiger partial charge in [-0.2, -0.15) is 5.10 Å². The first-order valence-electron chi connectivity index (χ1n) is 6.77. The number of benzene rings is 1. The molecule has 3 heterocycles. The van der Waals surface area contributed by atoms with Crippen LogP contribution in [0.5, 0.6) is 0 Å². The lowest BCUT2D eigenvalue weighted by Crippen LogP contribution is -2.13. The van der Waals surface area contributed by atoms with Crippen LogP contribution in [0.1, 0.15) is 17.1 Å². The molecule has 0 N–H and O–H groups in total. The van der Waals surface area contributed by atoms with Crippen molar-refractivity contribution in [3.63, 3.8) is 0 Å². The van der Waals surface area contributed by atoms with Crippen molar-refractivity contribution in [3.8, 4) is 17.2 Å². The number of aromatic nitrogens is 5. The second kappa shape index (κ2) is 4.03. The van der Waals surface area contributed by atoms with Crippen LogP contribution in [0.4, 0.5) is 0 Å². The zero-order chi connectivity index (χ0) is 13.7. The lowest BCUT2D eigenvalue weighted by atomic mass is 10.0. The Morgan fingerprint density at radius 2 is 1.95 bits per heavy atom. The minimum Gasteiger partial charge on any atom is -0.277 e. The van der Waals surface area contributed by atoms with Crippen LogP contribution < -0.4 is 0 Å². The van der Waals surface area contributed by atoms with Crippen molar-refractivity contribution >= 4 is 0 Å². The number of nitrogens with zero attached hydrogens (tertiary/aromatic N) is 5. The molecule has 4 rings (SSSR count). The predicted octanol–water partition coefficient (Wildman–Crippen LogP) is 2.07. The molecule has 0 saturated carbocycles. The molecule has 1 aromatic carbocycles. The number of hydrogen-bond donors (Lipinski definition) is 0. The van der Waals surface area contributed by atoms with Gasteiger partial charge in [0.1, 0.15) is 11.5 Å². The molecule has 0 bridgehead atoms. The Kier molecular flexibility index (Phi) is 2.30. The van der Waals surface area contributed by atoms with Crippen molar-refractivity contribution in [1.29, 1.82) is 0 Å². The Labute approximate surface area is 116 Å². The van der Waals surface area contributed by atoms with E-state index in [1.807, 2.05) is 18.7 Å². The quantitative estimate of drug-likeness (QED) is 0.677. The summed E-state index contributed by atoms with van der Waals surface area (Å²) in [7, 11) is 1.94. The summed E-state index contributed by atoms with van der Waals surface area (Å²) in [6.45, 7) is 2.04. The van der Waals surface area contributed by atoms with Crippen LogP contribution in [0.15, 0.2) is 30.3 Å². The average Bonchev–Trinajstić information content (AvgIpc) is 3.03. The van der Waals surface area contributed by atoms with Crippen LogP contribution in [0.3, 0.4) is 0 Å². The van der Waals surface area contributed by atoms with Crippen molar-refractivity contribution in [2.24, 2.45) is 7.05 Å². The fourth-order valence-electron chi connectivity index (χ4n) is 2.75. The highest BCUT2D eigenvalue weighted by Crippen LogP contribution is 2.29. The minimum absolute atomic E-state index is 0.829. The van der Waals surface area contributed by atoms with Crippen LogP contribution >= 0.6 is 0 Å². The van der Waals surface area contributed by atoms with E-state index in [-0.39, 0.29) is 0 Å². The topological polar surface area (TPSA) is 48.5 Å². The Balaban J connectivity index is 1.96. The van der Waals surface area contributed by atoms with E-state index in [1.165, 1.54) is 11.3 Å². The van der Waals surface area contributed by atoms with E-state index in [9.17, 15) is 0 Å². The van der Waals surface area contributed by atoms with Crippen LogP contribution in [0.2, 0.25) is 0 Å². The molecule has 0 spiro atoms. The van der Waals surface area contributed by atoms with Crippen molar-refractivity contribution < 1.29 is 0 Å².